The van der Waals surface area contributed by atoms with E-state index in [4.69, 9.17) is 39.6 Å². The summed E-state index contributed by atoms with van der Waals surface area (Å²) in [6, 6.07) is 15.2. The van der Waals surface area contributed by atoms with Crippen LogP contribution in [0.15, 0.2) is 60.8 Å². The van der Waals surface area contributed by atoms with Crippen LogP contribution in [0.5, 0.6) is 28.7 Å². The number of benzene rings is 3. The standard InChI is InChI=1S/C18H21O8P.C11H12N2O2/c1-22-14-8-7-12(9-15(14)26-27(19,20)21)5-6-13-10-16(23-2)18(25-4)17(11-13)24-3;12-9(11(14)15)5-7-6-13-10-4-2-1-3-8(7)10/h5-11H,1-4H3,(H2,19,20,21);1-4,6,9,13H,5,12H2,(H,14,15)/b6-5-;. The molecule has 4 rings (SSSR count). The fraction of sp³-hybridized carbons (Fsp3) is 0.207. The molecule has 12 nitrogen and oxygen atoms in total. The normalized spacial score (nSPS) is 11.9. The summed E-state index contributed by atoms with van der Waals surface area (Å²) in [4.78, 5) is 31.8. The van der Waals surface area contributed by atoms with Gasteiger partial charge in [0.15, 0.2) is 23.0 Å². The third-order valence-electron chi connectivity index (χ3n) is 5.99. The molecule has 0 aliphatic rings. The minimum Gasteiger partial charge on any atom is -0.493 e. The quantitative estimate of drug-likeness (QED) is 0.121. The lowest BCUT2D eigenvalue weighted by atomic mass is 10.1. The van der Waals surface area contributed by atoms with E-state index < -0.39 is 19.8 Å². The van der Waals surface area contributed by atoms with Crippen molar-refractivity contribution in [2.24, 2.45) is 5.73 Å². The Balaban J connectivity index is 0.000000271. The highest BCUT2D eigenvalue weighted by Gasteiger charge is 2.19. The molecule has 0 bridgehead atoms. The van der Waals surface area contributed by atoms with Crippen LogP contribution in [0.3, 0.4) is 0 Å². The van der Waals surface area contributed by atoms with Crippen molar-refractivity contribution in [1.82, 2.24) is 4.98 Å². The van der Waals surface area contributed by atoms with E-state index in [2.05, 4.69) is 9.51 Å². The van der Waals surface area contributed by atoms with Gasteiger partial charge in [-0.3, -0.25) is 14.6 Å². The summed E-state index contributed by atoms with van der Waals surface area (Å²) in [6.45, 7) is 0. The molecule has 1 heterocycles. The number of carbonyl (C=O) groups is 1. The number of nitrogens with two attached hydrogens (primary N) is 1. The van der Waals surface area contributed by atoms with E-state index in [0.29, 0.717) is 29.2 Å². The van der Waals surface area contributed by atoms with Crippen LogP contribution in [0, 0.1) is 0 Å². The molecule has 1 atom stereocenters. The van der Waals surface area contributed by atoms with E-state index in [1.54, 1.807) is 36.4 Å². The van der Waals surface area contributed by atoms with E-state index >= 15 is 0 Å². The van der Waals surface area contributed by atoms with Crippen molar-refractivity contribution in [3.05, 3.63) is 77.5 Å². The first kappa shape index (κ1) is 32.0. The number of carboxylic acids is 1. The monoisotopic (exact) mass is 600 g/mol. The molecule has 0 aliphatic carbocycles. The first-order valence-electron chi connectivity index (χ1n) is 12.4. The molecule has 0 amide bonds. The zero-order valence-corrected chi connectivity index (χ0v) is 24.3. The Labute approximate surface area is 242 Å². The Morgan fingerprint density at radius 2 is 1.48 bits per heavy atom. The summed E-state index contributed by atoms with van der Waals surface area (Å²) < 4.78 is 36.8. The topological polar surface area (TPSA) is 183 Å². The lowest BCUT2D eigenvalue weighted by Crippen LogP contribution is -2.32. The third kappa shape index (κ3) is 8.51. The molecule has 42 heavy (non-hydrogen) atoms. The van der Waals surface area contributed by atoms with Gasteiger partial charge in [-0.1, -0.05) is 36.4 Å². The maximum absolute atomic E-state index is 11.1. The second-order valence-electron chi connectivity index (χ2n) is 8.79. The summed E-state index contributed by atoms with van der Waals surface area (Å²) in [5.41, 5.74) is 8.86. The Morgan fingerprint density at radius 1 is 0.881 bits per heavy atom. The van der Waals surface area contributed by atoms with Crippen LogP contribution in [-0.2, 0) is 15.8 Å². The molecule has 0 saturated carbocycles. The largest absolute Gasteiger partial charge is 0.524 e. The van der Waals surface area contributed by atoms with Gasteiger partial charge in [-0.25, -0.2) is 4.57 Å². The average Bonchev–Trinajstić information content (AvgIpc) is 3.37. The van der Waals surface area contributed by atoms with Crippen LogP contribution in [-0.4, -0.2) is 60.3 Å². The molecule has 0 radical (unpaired) electrons. The average molecular weight is 601 g/mol. The number of H-pyrrole nitrogens is 1. The number of aromatic nitrogens is 1. The van der Waals surface area contributed by atoms with Gasteiger partial charge < -0.3 is 39.3 Å². The lowest BCUT2D eigenvalue weighted by Gasteiger charge is -2.13. The number of phosphoric acid groups is 1. The molecule has 0 spiro atoms. The predicted octanol–water partition coefficient (Wildman–Crippen LogP) is 4.49. The van der Waals surface area contributed by atoms with Crippen molar-refractivity contribution in [2.75, 3.05) is 28.4 Å². The number of ether oxygens (including phenoxy) is 4. The maximum atomic E-state index is 11.1. The van der Waals surface area contributed by atoms with Gasteiger partial charge in [0, 0.05) is 23.5 Å². The van der Waals surface area contributed by atoms with Crippen LogP contribution in [0.25, 0.3) is 23.1 Å². The molecule has 1 aromatic heterocycles. The number of aliphatic carboxylic acids is 1. The van der Waals surface area contributed by atoms with Crippen LogP contribution < -0.4 is 29.2 Å². The smallest absolute Gasteiger partial charge is 0.493 e. The number of fused-ring (bicyclic) bond motifs is 1. The van der Waals surface area contributed by atoms with Gasteiger partial charge in [-0.2, -0.15) is 0 Å². The predicted molar refractivity (Wildman–Crippen MR) is 158 cm³/mol. The van der Waals surface area contributed by atoms with Crippen molar-refractivity contribution in [3.63, 3.8) is 0 Å². The van der Waals surface area contributed by atoms with E-state index in [-0.39, 0.29) is 11.5 Å². The van der Waals surface area contributed by atoms with Crippen molar-refractivity contribution < 1.29 is 47.7 Å². The number of hydrogen-bond acceptors (Lipinski definition) is 8. The van der Waals surface area contributed by atoms with E-state index in [0.717, 1.165) is 22.0 Å². The number of carboxylic acid groups (broad SMARTS) is 1. The highest BCUT2D eigenvalue weighted by Crippen LogP contribution is 2.43. The molecule has 0 fully saturated rings. The van der Waals surface area contributed by atoms with Crippen LogP contribution >= 0.6 is 7.82 Å². The Kier molecular flexibility index (Phi) is 11.0. The highest BCUT2D eigenvalue weighted by molar-refractivity contribution is 7.46. The fourth-order valence-electron chi connectivity index (χ4n) is 4.01. The minimum atomic E-state index is -4.71. The van der Waals surface area contributed by atoms with E-state index in [1.807, 2.05) is 30.5 Å². The van der Waals surface area contributed by atoms with Crippen molar-refractivity contribution >= 4 is 36.8 Å². The fourth-order valence-corrected chi connectivity index (χ4v) is 4.41. The molecule has 0 saturated heterocycles. The number of nitrogens with one attached hydrogen (secondary N) is 1. The van der Waals surface area contributed by atoms with Crippen LogP contribution in [0.2, 0.25) is 0 Å². The van der Waals surface area contributed by atoms with Crippen molar-refractivity contribution in [2.45, 2.75) is 12.5 Å². The number of hydrogen-bond donors (Lipinski definition) is 5. The molecular formula is C29H33N2O10P. The molecule has 6 N–H and O–H groups in total. The minimum absolute atomic E-state index is 0.0575. The zero-order valence-electron chi connectivity index (χ0n) is 23.4. The second kappa shape index (κ2) is 14.4. The summed E-state index contributed by atoms with van der Waals surface area (Å²) in [5.74, 6) is 0.689. The van der Waals surface area contributed by atoms with Gasteiger partial charge in [0.05, 0.1) is 28.4 Å². The van der Waals surface area contributed by atoms with Crippen LogP contribution in [0.1, 0.15) is 16.7 Å². The van der Waals surface area contributed by atoms with Crippen molar-refractivity contribution in [3.8, 4) is 28.7 Å². The summed E-state index contributed by atoms with van der Waals surface area (Å²) in [6.07, 6.45) is 5.69. The summed E-state index contributed by atoms with van der Waals surface area (Å²) >= 11 is 0. The number of para-hydroxylation sites is 1. The van der Waals surface area contributed by atoms with E-state index in [1.165, 1.54) is 34.5 Å². The molecular weight excluding hydrogens is 567 g/mol. The Hall–Kier alpha value is -4.48. The van der Waals surface area contributed by atoms with Gasteiger partial charge in [0.2, 0.25) is 5.75 Å². The van der Waals surface area contributed by atoms with E-state index in [9.17, 15) is 9.36 Å². The van der Waals surface area contributed by atoms with Gasteiger partial charge >= 0.3 is 13.8 Å². The number of aromatic amines is 1. The molecule has 13 heteroatoms. The SMILES string of the molecule is COc1ccc(/C=C\c2cc(OC)c(OC)c(OC)c2)cc1OP(=O)(O)O.NC(Cc1c[nH]c2ccccc12)C(=O)O. The molecule has 3 aromatic carbocycles. The number of rotatable bonds is 11. The van der Waals surface area contributed by atoms with Gasteiger partial charge in [0.1, 0.15) is 6.04 Å². The summed E-state index contributed by atoms with van der Waals surface area (Å²) in [7, 11) is 1.26. The molecule has 224 valence electrons. The van der Waals surface area contributed by atoms with Crippen LogP contribution in [0.4, 0.5) is 0 Å². The lowest BCUT2D eigenvalue weighted by molar-refractivity contribution is -0.138. The Bertz CT molecular complexity index is 1570. The van der Waals surface area contributed by atoms with Gasteiger partial charge in [-0.15, -0.1) is 0 Å². The first-order chi connectivity index (χ1) is 20.0. The van der Waals surface area contributed by atoms with Gasteiger partial charge in [0.25, 0.3) is 0 Å². The van der Waals surface area contributed by atoms with Gasteiger partial charge in [-0.05, 0) is 47.0 Å². The second-order valence-corrected chi connectivity index (χ2v) is 9.96. The molecule has 1 unspecified atom stereocenters. The Morgan fingerprint density at radius 3 is 2.05 bits per heavy atom. The third-order valence-corrected chi connectivity index (χ3v) is 6.43. The molecule has 0 aliphatic heterocycles. The number of methoxy groups -OCH3 is 4. The first-order valence-corrected chi connectivity index (χ1v) is 14.0. The maximum Gasteiger partial charge on any atom is 0.524 e. The van der Waals surface area contributed by atoms with Crippen molar-refractivity contribution in [1.29, 1.82) is 0 Å². The zero-order chi connectivity index (χ0) is 30.9. The number of phosphoric ester groups is 1. The summed E-state index contributed by atoms with van der Waals surface area (Å²) in [5, 5.41) is 9.75. The highest BCUT2D eigenvalue weighted by atomic mass is 31.2. The molecule has 4 aromatic rings.